The summed E-state index contributed by atoms with van der Waals surface area (Å²) in [5.41, 5.74) is 0.256. The quantitative estimate of drug-likeness (QED) is 0.343. The Labute approximate surface area is 164 Å². The van der Waals surface area contributed by atoms with Crippen molar-refractivity contribution in [2.24, 2.45) is 0 Å². The number of benzene rings is 2. The summed E-state index contributed by atoms with van der Waals surface area (Å²) in [4.78, 5) is 12.8. The molecule has 0 saturated heterocycles. The van der Waals surface area contributed by atoms with Crippen molar-refractivity contribution in [2.45, 2.75) is 25.9 Å². The molecule has 140 valence electrons. The first kappa shape index (κ1) is 21.1. The molecule has 2 rings (SSSR count). The average molecular weight is 415 g/mol. The highest BCUT2D eigenvalue weighted by molar-refractivity contribution is 7.54. The van der Waals surface area contributed by atoms with Gasteiger partial charge in [0, 0.05) is 22.0 Å². The first-order chi connectivity index (χ1) is 12.4. The van der Waals surface area contributed by atoms with E-state index in [1.165, 1.54) is 0 Å². The van der Waals surface area contributed by atoms with Gasteiger partial charge >= 0.3 is 7.60 Å². The summed E-state index contributed by atoms with van der Waals surface area (Å²) >= 11 is 12.2. The van der Waals surface area contributed by atoms with E-state index >= 15 is 0 Å². The summed E-state index contributed by atoms with van der Waals surface area (Å²) in [5, 5.41) is 0.958. The van der Waals surface area contributed by atoms with E-state index in [-0.39, 0.29) is 25.4 Å². The highest BCUT2D eigenvalue weighted by Crippen LogP contribution is 2.63. The van der Waals surface area contributed by atoms with E-state index in [4.69, 9.17) is 32.2 Å². The van der Waals surface area contributed by atoms with Gasteiger partial charge in [-0.05, 0) is 49.7 Å². The second-order valence-corrected chi connectivity index (χ2v) is 8.61. The molecule has 0 heterocycles. The largest absolute Gasteiger partial charge is 0.338 e. The summed E-state index contributed by atoms with van der Waals surface area (Å²) in [5.74, 6) is -0.189. The first-order valence-electron chi connectivity index (χ1n) is 8.33. The number of hydrogen-bond donors (Lipinski definition) is 0. The van der Waals surface area contributed by atoms with Crippen LogP contribution in [0.4, 0.5) is 0 Å². The molecule has 0 radical (unpaired) electrons. The second-order valence-electron chi connectivity index (χ2n) is 5.55. The Balaban J connectivity index is 2.43. The SMILES string of the molecule is CCOP(=O)(OCC)[C@@H](CC(=O)c1ccc(Cl)cc1)c1ccccc1Cl. The van der Waals surface area contributed by atoms with Gasteiger partial charge in [0.2, 0.25) is 0 Å². The van der Waals surface area contributed by atoms with E-state index in [1.807, 2.05) is 0 Å². The van der Waals surface area contributed by atoms with Gasteiger partial charge in [0.25, 0.3) is 0 Å². The number of ketones is 1. The van der Waals surface area contributed by atoms with Crippen molar-refractivity contribution >= 4 is 36.6 Å². The predicted molar refractivity (Wildman–Crippen MR) is 105 cm³/mol. The molecule has 0 amide bonds. The molecule has 0 N–H and O–H groups in total. The van der Waals surface area contributed by atoms with E-state index in [2.05, 4.69) is 0 Å². The van der Waals surface area contributed by atoms with Crippen molar-refractivity contribution in [3.8, 4) is 0 Å². The molecule has 26 heavy (non-hydrogen) atoms. The smallest absolute Gasteiger partial charge is 0.308 e. The zero-order valence-electron chi connectivity index (χ0n) is 14.7. The van der Waals surface area contributed by atoms with E-state index in [9.17, 15) is 9.36 Å². The van der Waals surface area contributed by atoms with Gasteiger partial charge in [0.1, 0.15) is 0 Å². The molecule has 2 aromatic rings. The van der Waals surface area contributed by atoms with Crippen LogP contribution in [0.15, 0.2) is 48.5 Å². The van der Waals surface area contributed by atoms with Gasteiger partial charge in [0.05, 0.1) is 18.9 Å². The molecule has 0 bridgehead atoms. The number of hydrogen-bond acceptors (Lipinski definition) is 4. The molecular formula is C19H21Cl2O4P. The third kappa shape index (κ3) is 5.18. The summed E-state index contributed by atoms with van der Waals surface area (Å²) in [6.45, 7) is 3.87. The zero-order chi connectivity index (χ0) is 19.2. The van der Waals surface area contributed by atoms with Crippen molar-refractivity contribution in [3.05, 3.63) is 69.7 Å². The van der Waals surface area contributed by atoms with Crippen molar-refractivity contribution < 1.29 is 18.4 Å². The number of halogens is 2. The fourth-order valence-corrected chi connectivity index (χ4v) is 5.22. The Morgan fingerprint density at radius 2 is 1.58 bits per heavy atom. The summed E-state index contributed by atoms with van der Waals surface area (Å²) in [7, 11) is -3.59. The molecule has 7 heteroatoms. The lowest BCUT2D eigenvalue weighted by molar-refractivity contribution is 0.0973. The van der Waals surface area contributed by atoms with Crippen molar-refractivity contribution in [1.29, 1.82) is 0 Å². The maximum Gasteiger partial charge on any atom is 0.338 e. The molecule has 0 unspecified atom stereocenters. The van der Waals surface area contributed by atoms with E-state index < -0.39 is 13.3 Å². The minimum atomic E-state index is -3.59. The Morgan fingerprint density at radius 3 is 2.12 bits per heavy atom. The van der Waals surface area contributed by atoms with Crippen molar-refractivity contribution in [3.63, 3.8) is 0 Å². The van der Waals surface area contributed by atoms with Crippen LogP contribution in [-0.4, -0.2) is 19.0 Å². The van der Waals surface area contributed by atoms with Gasteiger partial charge in [0.15, 0.2) is 5.78 Å². The Morgan fingerprint density at radius 1 is 1.00 bits per heavy atom. The Bertz CT molecular complexity index is 782. The summed E-state index contributed by atoms with van der Waals surface area (Å²) in [6.07, 6.45) is -0.0529. The monoisotopic (exact) mass is 414 g/mol. The number of carbonyl (C=O) groups is 1. The average Bonchev–Trinajstić information content (AvgIpc) is 2.61. The van der Waals surface area contributed by atoms with Gasteiger partial charge < -0.3 is 9.05 Å². The van der Waals surface area contributed by atoms with Gasteiger partial charge in [-0.15, -0.1) is 0 Å². The van der Waals surface area contributed by atoms with Crippen molar-refractivity contribution in [1.82, 2.24) is 0 Å². The molecular weight excluding hydrogens is 394 g/mol. The maximum atomic E-state index is 13.4. The van der Waals surface area contributed by atoms with Crippen LogP contribution in [0, 0.1) is 0 Å². The molecule has 0 aliphatic rings. The van der Waals surface area contributed by atoms with Gasteiger partial charge in [-0.25, -0.2) is 0 Å². The highest BCUT2D eigenvalue weighted by atomic mass is 35.5. The molecule has 0 aliphatic heterocycles. The maximum absolute atomic E-state index is 13.4. The second kappa shape index (κ2) is 9.68. The highest BCUT2D eigenvalue weighted by Gasteiger charge is 2.39. The lowest BCUT2D eigenvalue weighted by Gasteiger charge is -2.27. The van der Waals surface area contributed by atoms with Crippen LogP contribution in [0.25, 0.3) is 0 Å². The van der Waals surface area contributed by atoms with E-state index in [0.29, 0.717) is 21.2 Å². The van der Waals surface area contributed by atoms with E-state index in [0.717, 1.165) is 0 Å². The molecule has 1 atom stereocenters. The fourth-order valence-electron chi connectivity index (χ4n) is 2.64. The van der Waals surface area contributed by atoms with Gasteiger partial charge in [-0.1, -0.05) is 41.4 Å². The van der Waals surface area contributed by atoms with Crippen LogP contribution in [0.2, 0.25) is 10.0 Å². The van der Waals surface area contributed by atoms with Gasteiger partial charge in [-0.2, -0.15) is 0 Å². The number of rotatable bonds is 9. The summed E-state index contributed by atoms with van der Waals surface area (Å²) < 4.78 is 24.4. The van der Waals surface area contributed by atoms with E-state index in [1.54, 1.807) is 62.4 Å². The van der Waals surface area contributed by atoms with Crippen LogP contribution < -0.4 is 0 Å². The molecule has 0 saturated carbocycles. The summed E-state index contributed by atoms with van der Waals surface area (Å²) in [6, 6.07) is 13.6. The molecule has 4 nitrogen and oxygen atoms in total. The first-order valence-corrected chi connectivity index (χ1v) is 10.7. The normalized spacial score (nSPS) is 12.8. The van der Waals surface area contributed by atoms with Gasteiger partial charge in [-0.3, -0.25) is 9.36 Å². The fraction of sp³-hybridized carbons (Fsp3) is 0.316. The van der Waals surface area contributed by atoms with Crippen LogP contribution in [-0.2, 0) is 13.6 Å². The Hall–Kier alpha value is -1.16. The molecule has 0 aliphatic carbocycles. The van der Waals surface area contributed by atoms with Crippen LogP contribution in [0.3, 0.4) is 0 Å². The van der Waals surface area contributed by atoms with Crippen LogP contribution in [0.5, 0.6) is 0 Å². The minimum Gasteiger partial charge on any atom is -0.308 e. The minimum absolute atomic E-state index is 0.0529. The lowest BCUT2D eigenvalue weighted by Crippen LogP contribution is -2.12. The standard InChI is InChI=1S/C19H21Cl2O4P/c1-3-24-26(23,25-4-2)19(16-7-5-6-8-17(16)21)13-18(22)14-9-11-15(20)12-10-14/h5-12,19H,3-4,13H2,1-2H3/t19-/m0/s1. The number of Topliss-reactive ketones (excluding diaryl/α,β-unsaturated/α-hetero) is 1. The zero-order valence-corrected chi connectivity index (χ0v) is 17.1. The number of carbonyl (C=O) groups excluding carboxylic acids is 1. The Kier molecular flexibility index (Phi) is 7.87. The van der Waals surface area contributed by atoms with Crippen LogP contribution in [0.1, 0.15) is 41.8 Å². The van der Waals surface area contributed by atoms with Crippen molar-refractivity contribution in [2.75, 3.05) is 13.2 Å². The molecule has 0 fully saturated rings. The topological polar surface area (TPSA) is 52.6 Å². The third-order valence-corrected chi connectivity index (χ3v) is 6.87. The molecule has 0 aromatic heterocycles. The van der Waals surface area contributed by atoms with Crippen LogP contribution >= 0.6 is 30.8 Å². The lowest BCUT2D eigenvalue weighted by atomic mass is 10.0. The third-order valence-electron chi connectivity index (χ3n) is 3.81. The predicted octanol–water partition coefficient (Wildman–Crippen LogP) is 6.57. The molecule has 0 spiro atoms. The molecule has 2 aromatic carbocycles.